The van der Waals surface area contributed by atoms with E-state index in [9.17, 15) is 9.59 Å². The molecule has 3 N–H and O–H groups in total. The molecule has 1 aromatic carbocycles. The Balaban J connectivity index is 2.42. The molecule has 2 aromatic rings. The molecule has 1 heterocycles. The standard InChI is InChI=1S/C13H14N4O3S/c1-15-13(14)21-6-10-16-9-5-7(12(19)20-2)3-4-8(9)11(18)17-10/h3-5H,6H2,1-2H3,(H2,14,15)(H,16,17,18). The zero-order chi connectivity index (χ0) is 15.4. The summed E-state index contributed by atoms with van der Waals surface area (Å²) in [6.45, 7) is 0. The minimum atomic E-state index is -0.475. The molecular formula is C13H14N4O3S. The topological polar surface area (TPSA) is 110 Å². The Hall–Kier alpha value is -2.35. The number of aromatic amines is 1. The van der Waals surface area contributed by atoms with Gasteiger partial charge in [0.15, 0.2) is 5.17 Å². The van der Waals surface area contributed by atoms with E-state index in [0.717, 1.165) is 0 Å². The lowest BCUT2D eigenvalue weighted by molar-refractivity contribution is 0.0601. The molecule has 0 unspecified atom stereocenters. The summed E-state index contributed by atoms with van der Waals surface area (Å²) in [6, 6.07) is 4.61. The van der Waals surface area contributed by atoms with E-state index in [-0.39, 0.29) is 5.56 Å². The summed E-state index contributed by atoms with van der Waals surface area (Å²) < 4.78 is 4.65. The van der Waals surface area contributed by atoms with Crippen molar-refractivity contribution in [2.45, 2.75) is 5.75 Å². The van der Waals surface area contributed by atoms with E-state index in [2.05, 4.69) is 19.7 Å². The second-order valence-electron chi connectivity index (χ2n) is 4.09. The Bertz CT molecular complexity index is 770. The predicted molar refractivity (Wildman–Crippen MR) is 82.5 cm³/mol. The molecule has 7 nitrogen and oxygen atoms in total. The van der Waals surface area contributed by atoms with Gasteiger partial charge in [0, 0.05) is 7.05 Å². The molecule has 2 rings (SSSR count). The zero-order valence-electron chi connectivity index (χ0n) is 11.5. The number of carbonyl (C=O) groups excluding carboxylic acids is 1. The van der Waals surface area contributed by atoms with E-state index in [0.29, 0.717) is 33.2 Å². The number of methoxy groups -OCH3 is 1. The predicted octanol–water partition coefficient (Wildman–Crippen LogP) is 0.887. The number of nitrogens with one attached hydrogen (secondary N) is 1. The normalized spacial score (nSPS) is 11.6. The Morgan fingerprint density at radius 3 is 2.95 bits per heavy atom. The number of hydrogen-bond donors (Lipinski definition) is 2. The molecule has 0 aliphatic carbocycles. The first-order chi connectivity index (χ1) is 10.0. The molecule has 0 atom stereocenters. The lowest BCUT2D eigenvalue weighted by Crippen LogP contribution is -2.13. The third-order valence-corrected chi connectivity index (χ3v) is 3.65. The van der Waals surface area contributed by atoms with Crippen molar-refractivity contribution in [3.8, 4) is 0 Å². The number of fused-ring (bicyclic) bond motifs is 1. The summed E-state index contributed by atoms with van der Waals surface area (Å²) in [6.07, 6.45) is 0. The van der Waals surface area contributed by atoms with E-state index in [1.165, 1.54) is 31.0 Å². The Morgan fingerprint density at radius 2 is 2.29 bits per heavy atom. The van der Waals surface area contributed by atoms with Crippen LogP contribution < -0.4 is 11.3 Å². The van der Waals surface area contributed by atoms with E-state index >= 15 is 0 Å². The van der Waals surface area contributed by atoms with Gasteiger partial charge >= 0.3 is 5.97 Å². The number of hydrogen-bond acceptors (Lipinski definition) is 6. The highest BCUT2D eigenvalue weighted by molar-refractivity contribution is 8.13. The number of benzene rings is 1. The smallest absolute Gasteiger partial charge is 0.337 e. The molecule has 0 spiro atoms. The molecule has 1 aromatic heterocycles. The van der Waals surface area contributed by atoms with Gasteiger partial charge in [0.2, 0.25) is 0 Å². The first kappa shape index (κ1) is 15.0. The monoisotopic (exact) mass is 306 g/mol. The molecule has 0 radical (unpaired) electrons. The van der Waals surface area contributed by atoms with Crippen LogP contribution in [-0.4, -0.2) is 35.3 Å². The maximum atomic E-state index is 12.0. The number of nitrogens with two attached hydrogens (primary N) is 1. The molecule has 0 aliphatic rings. The minimum Gasteiger partial charge on any atom is -0.465 e. The van der Waals surface area contributed by atoms with Gasteiger partial charge in [-0.15, -0.1) is 0 Å². The van der Waals surface area contributed by atoms with E-state index in [1.54, 1.807) is 13.1 Å². The Labute approximate surface area is 124 Å². The van der Waals surface area contributed by atoms with Crippen LogP contribution in [0.5, 0.6) is 0 Å². The van der Waals surface area contributed by atoms with E-state index in [1.807, 2.05) is 0 Å². The summed E-state index contributed by atoms with van der Waals surface area (Å²) in [5.41, 5.74) is 6.10. The molecule has 8 heteroatoms. The van der Waals surface area contributed by atoms with Crippen molar-refractivity contribution >= 4 is 33.8 Å². The molecule has 0 fully saturated rings. The number of esters is 1. The average molecular weight is 306 g/mol. The molecule has 21 heavy (non-hydrogen) atoms. The summed E-state index contributed by atoms with van der Waals surface area (Å²) in [4.78, 5) is 34.3. The van der Waals surface area contributed by atoms with Crippen LogP contribution in [0.3, 0.4) is 0 Å². The van der Waals surface area contributed by atoms with Gasteiger partial charge in [0.25, 0.3) is 5.56 Å². The van der Waals surface area contributed by atoms with Gasteiger partial charge < -0.3 is 15.5 Å². The number of ether oxygens (including phenoxy) is 1. The number of nitrogens with zero attached hydrogens (tertiary/aromatic N) is 2. The molecular weight excluding hydrogens is 292 g/mol. The van der Waals surface area contributed by atoms with Gasteiger partial charge in [0.05, 0.1) is 29.3 Å². The second-order valence-corrected chi connectivity index (χ2v) is 5.08. The lowest BCUT2D eigenvalue weighted by Gasteiger charge is -2.04. The molecule has 0 saturated heterocycles. The van der Waals surface area contributed by atoms with Gasteiger partial charge in [0.1, 0.15) is 5.82 Å². The van der Waals surface area contributed by atoms with Crippen molar-refractivity contribution < 1.29 is 9.53 Å². The number of amidine groups is 1. The SMILES string of the molecule is CN=C(N)SCc1nc2cc(C(=O)OC)ccc2c(=O)[nH]1. The quantitative estimate of drug-likeness (QED) is 0.495. The summed E-state index contributed by atoms with van der Waals surface area (Å²) in [5, 5.41) is 0.814. The number of thioether (sulfide) groups is 1. The average Bonchev–Trinajstić information content (AvgIpc) is 2.51. The largest absolute Gasteiger partial charge is 0.465 e. The van der Waals surface area contributed by atoms with Crippen LogP contribution in [0, 0.1) is 0 Å². The number of rotatable bonds is 3. The van der Waals surface area contributed by atoms with Crippen LogP contribution in [0.2, 0.25) is 0 Å². The molecule has 0 aliphatic heterocycles. The summed E-state index contributed by atoms with van der Waals surface area (Å²) in [7, 11) is 2.88. The number of aliphatic imine (C=N–C) groups is 1. The van der Waals surface area contributed by atoms with Gasteiger partial charge in [-0.2, -0.15) is 0 Å². The highest BCUT2D eigenvalue weighted by Gasteiger charge is 2.10. The fourth-order valence-electron chi connectivity index (χ4n) is 1.71. The first-order valence-corrected chi connectivity index (χ1v) is 7.00. The van der Waals surface area contributed by atoms with Crippen molar-refractivity contribution in [1.82, 2.24) is 9.97 Å². The van der Waals surface area contributed by atoms with Crippen molar-refractivity contribution in [2.24, 2.45) is 10.7 Å². The maximum Gasteiger partial charge on any atom is 0.337 e. The van der Waals surface area contributed by atoms with Gasteiger partial charge in [-0.25, -0.2) is 9.78 Å². The minimum absolute atomic E-state index is 0.265. The fraction of sp³-hybridized carbons (Fsp3) is 0.231. The third-order valence-electron chi connectivity index (χ3n) is 2.75. The number of aromatic nitrogens is 2. The third kappa shape index (κ3) is 3.40. The first-order valence-electron chi connectivity index (χ1n) is 6.01. The van der Waals surface area contributed by atoms with Crippen molar-refractivity contribution in [1.29, 1.82) is 0 Å². The van der Waals surface area contributed by atoms with Crippen molar-refractivity contribution in [2.75, 3.05) is 14.2 Å². The molecule has 0 bridgehead atoms. The summed E-state index contributed by atoms with van der Waals surface area (Å²) in [5.74, 6) is 0.375. The van der Waals surface area contributed by atoms with Crippen LogP contribution in [0.4, 0.5) is 0 Å². The van der Waals surface area contributed by atoms with Crippen LogP contribution in [0.1, 0.15) is 16.2 Å². The van der Waals surface area contributed by atoms with Crippen LogP contribution in [-0.2, 0) is 10.5 Å². The van der Waals surface area contributed by atoms with E-state index < -0.39 is 5.97 Å². The maximum absolute atomic E-state index is 12.0. The van der Waals surface area contributed by atoms with E-state index in [4.69, 9.17) is 5.73 Å². The van der Waals surface area contributed by atoms with Gasteiger partial charge in [-0.05, 0) is 18.2 Å². The van der Waals surface area contributed by atoms with Crippen LogP contribution in [0.15, 0.2) is 28.0 Å². The Kier molecular flexibility index (Phi) is 4.59. The van der Waals surface area contributed by atoms with Crippen molar-refractivity contribution in [3.63, 3.8) is 0 Å². The fourth-order valence-corrected chi connectivity index (χ4v) is 2.26. The summed E-state index contributed by atoms with van der Waals surface area (Å²) >= 11 is 1.27. The molecule has 0 amide bonds. The highest BCUT2D eigenvalue weighted by Crippen LogP contribution is 2.14. The lowest BCUT2D eigenvalue weighted by atomic mass is 10.1. The van der Waals surface area contributed by atoms with Gasteiger partial charge in [-0.1, -0.05) is 11.8 Å². The second kappa shape index (κ2) is 6.40. The molecule has 0 saturated carbocycles. The number of carbonyl (C=O) groups is 1. The number of H-pyrrole nitrogens is 1. The zero-order valence-corrected chi connectivity index (χ0v) is 12.4. The molecule has 110 valence electrons. The van der Waals surface area contributed by atoms with Crippen molar-refractivity contribution in [3.05, 3.63) is 39.9 Å². The van der Waals surface area contributed by atoms with Gasteiger partial charge in [-0.3, -0.25) is 9.79 Å². The van der Waals surface area contributed by atoms with Crippen LogP contribution in [0.25, 0.3) is 10.9 Å². The highest BCUT2D eigenvalue weighted by atomic mass is 32.2. The van der Waals surface area contributed by atoms with Crippen LogP contribution >= 0.6 is 11.8 Å². The Morgan fingerprint density at radius 1 is 1.52 bits per heavy atom.